The number of guanidine groups is 1. The number of nitrogens with zero attached hydrogens (tertiary/aromatic N) is 1. The molecule has 5 heteroatoms. The largest absolute Gasteiger partial charge is 0.355 e. The van der Waals surface area contributed by atoms with Crippen LogP contribution < -0.4 is 10.6 Å². The molecule has 0 spiro atoms. The summed E-state index contributed by atoms with van der Waals surface area (Å²) in [5.74, 6) is 0.890. The molecule has 108 valence electrons. The molecule has 1 aromatic heterocycles. The molecule has 0 saturated carbocycles. The molecule has 0 bridgehead atoms. The van der Waals surface area contributed by atoms with Gasteiger partial charge in [-0.25, -0.2) is 0 Å². The summed E-state index contributed by atoms with van der Waals surface area (Å²) in [7, 11) is 1.82. The Kier molecular flexibility index (Phi) is 7.31. The molecule has 2 N–H and O–H groups in total. The van der Waals surface area contributed by atoms with Gasteiger partial charge in [-0.2, -0.15) is 11.8 Å². The lowest BCUT2D eigenvalue weighted by Gasteiger charge is -2.18. The van der Waals surface area contributed by atoms with Gasteiger partial charge < -0.3 is 10.6 Å². The van der Waals surface area contributed by atoms with Crippen LogP contribution >= 0.6 is 23.1 Å². The van der Waals surface area contributed by atoms with Crippen LogP contribution in [-0.2, 0) is 6.42 Å². The van der Waals surface area contributed by atoms with Crippen LogP contribution in [0.15, 0.2) is 17.1 Å². The summed E-state index contributed by atoms with van der Waals surface area (Å²) in [6, 6.07) is 4.78. The molecule has 2 atom stereocenters. The highest BCUT2D eigenvalue weighted by atomic mass is 32.2. The second-order valence-corrected chi connectivity index (χ2v) is 7.41. The smallest absolute Gasteiger partial charge is 0.191 e. The number of aryl methyl sites for hydroxylation is 1. The summed E-state index contributed by atoms with van der Waals surface area (Å²) in [6.07, 6.45) is 3.17. The van der Waals surface area contributed by atoms with Gasteiger partial charge in [0.1, 0.15) is 0 Å². The van der Waals surface area contributed by atoms with E-state index in [-0.39, 0.29) is 0 Å². The minimum atomic E-state index is 0.383. The molecule has 0 aromatic carbocycles. The van der Waals surface area contributed by atoms with Crippen LogP contribution in [0.1, 0.15) is 23.6 Å². The van der Waals surface area contributed by atoms with Gasteiger partial charge in [0.25, 0.3) is 0 Å². The third-order valence-electron chi connectivity index (χ3n) is 2.87. The normalized spacial score (nSPS) is 15.1. The van der Waals surface area contributed by atoms with Crippen molar-refractivity contribution in [3.8, 4) is 0 Å². The van der Waals surface area contributed by atoms with E-state index in [0.717, 1.165) is 18.9 Å². The van der Waals surface area contributed by atoms with Crippen molar-refractivity contribution < 1.29 is 0 Å². The van der Waals surface area contributed by atoms with Crippen LogP contribution in [0.2, 0.25) is 0 Å². The lowest BCUT2D eigenvalue weighted by atomic mass is 10.2. The molecule has 0 aliphatic carbocycles. The summed E-state index contributed by atoms with van der Waals surface area (Å²) in [5.41, 5.74) is 0. The predicted octanol–water partition coefficient (Wildman–Crippen LogP) is 2.90. The monoisotopic (exact) mass is 299 g/mol. The number of thiophene rings is 1. The number of hydrogen-bond donors (Lipinski definition) is 2. The molecule has 1 aromatic rings. The summed E-state index contributed by atoms with van der Waals surface area (Å²) in [6.45, 7) is 7.49. The van der Waals surface area contributed by atoms with E-state index < -0.39 is 0 Å². The van der Waals surface area contributed by atoms with Crippen LogP contribution in [0.25, 0.3) is 0 Å². The molecule has 0 radical (unpaired) electrons. The first-order valence-corrected chi connectivity index (χ1v) is 8.71. The second kappa shape index (κ2) is 8.48. The molecule has 0 aliphatic heterocycles. The molecular weight excluding hydrogens is 274 g/mol. The van der Waals surface area contributed by atoms with E-state index >= 15 is 0 Å². The first-order valence-electron chi connectivity index (χ1n) is 6.60. The lowest BCUT2D eigenvalue weighted by Crippen LogP contribution is -2.44. The maximum absolute atomic E-state index is 4.27. The zero-order chi connectivity index (χ0) is 14.3. The Bertz CT molecular complexity index is 401. The molecule has 0 saturated heterocycles. The van der Waals surface area contributed by atoms with E-state index in [9.17, 15) is 0 Å². The fourth-order valence-electron chi connectivity index (χ4n) is 1.70. The number of aliphatic imine (C=N–C) groups is 1. The summed E-state index contributed by atoms with van der Waals surface area (Å²) < 4.78 is 0. The van der Waals surface area contributed by atoms with E-state index in [1.54, 1.807) is 0 Å². The summed E-state index contributed by atoms with van der Waals surface area (Å²) in [4.78, 5) is 7.06. The van der Waals surface area contributed by atoms with Crippen LogP contribution in [0.5, 0.6) is 0 Å². The summed E-state index contributed by atoms with van der Waals surface area (Å²) in [5, 5.41) is 7.40. The number of hydrogen-bond acceptors (Lipinski definition) is 3. The zero-order valence-electron chi connectivity index (χ0n) is 12.5. The average molecular weight is 300 g/mol. The van der Waals surface area contributed by atoms with Crippen LogP contribution in [-0.4, -0.2) is 37.1 Å². The molecule has 3 nitrogen and oxygen atoms in total. The highest BCUT2D eigenvalue weighted by Gasteiger charge is 2.08. The predicted molar refractivity (Wildman–Crippen MR) is 89.7 cm³/mol. The molecule has 19 heavy (non-hydrogen) atoms. The number of nitrogens with one attached hydrogen (secondary N) is 2. The maximum Gasteiger partial charge on any atom is 0.191 e. The Morgan fingerprint density at radius 3 is 2.68 bits per heavy atom. The molecule has 0 fully saturated rings. The molecular formula is C14H25N3S2. The minimum Gasteiger partial charge on any atom is -0.355 e. The average Bonchev–Trinajstić information content (AvgIpc) is 2.79. The Morgan fingerprint density at radius 1 is 1.42 bits per heavy atom. The van der Waals surface area contributed by atoms with Crippen molar-refractivity contribution >= 4 is 29.1 Å². The zero-order valence-corrected chi connectivity index (χ0v) is 14.1. The highest BCUT2D eigenvalue weighted by molar-refractivity contribution is 7.99. The van der Waals surface area contributed by atoms with Gasteiger partial charge in [-0.05, 0) is 32.2 Å². The third kappa shape index (κ3) is 6.34. The van der Waals surface area contributed by atoms with Crippen molar-refractivity contribution in [2.75, 3.05) is 19.8 Å². The first-order chi connectivity index (χ1) is 9.05. The van der Waals surface area contributed by atoms with Crippen LogP contribution in [0.4, 0.5) is 0 Å². The van der Waals surface area contributed by atoms with Gasteiger partial charge >= 0.3 is 0 Å². The van der Waals surface area contributed by atoms with Crippen LogP contribution in [0, 0.1) is 6.92 Å². The maximum atomic E-state index is 4.27. The summed E-state index contributed by atoms with van der Waals surface area (Å²) >= 11 is 3.73. The molecule has 0 amide bonds. The van der Waals surface area contributed by atoms with Gasteiger partial charge in [0, 0.05) is 41.1 Å². The van der Waals surface area contributed by atoms with Gasteiger partial charge in [-0.15, -0.1) is 11.3 Å². The fourth-order valence-corrected chi connectivity index (χ4v) is 2.97. The lowest BCUT2D eigenvalue weighted by molar-refractivity contribution is 0.644. The standard InChI is InChI=1S/C14H25N3S2/c1-10(8-13-7-6-11(2)19-13)17-14(15-4)16-9-12(3)18-5/h6-7,10,12H,8-9H2,1-5H3,(H2,15,16,17). The van der Waals surface area contributed by atoms with Gasteiger partial charge in [-0.1, -0.05) is 6.92 Å². The quantitative estimate of drug-likeness (QED) is 0.626. The molecule has 1 rings (SSSR count). The Labute approximate surface area is 125 Å². The van der Waals surface area contributed by atoms with Crippen molar-refractivity contribution in [3.63, 3.8) is 0 Å². The van der Waals surface area contributed by atoms with Crippen molar-refractivity contribution in [2.24, 2.45) is 4.99 Å². The van der Waals surface area contributed by atoms with E-state index in [1.165, 1.54) is 9.75 Å². The van der Waals surface area contributed by atoms with E-state index in [2.05, 4.69) is 54.8 Å². The number of thioether (sulfide) groups is 1. The first kappa shape index (κ1) is 16.4. The Balaban J connectivity index is 2.38. The van der Waals surface area contributed by atoms with Crippen LogP contribution in [0.3, 0.4) is 0 Å². The van der Waals surface area contributed by atoms with E-state index in [1.807, 2.05) is 30.1 Å². The van der Waals surface area contributed by atoms with Crippen molar-refractivity contribution in [2.45, 2.75) is 38.5 Å². The third-order valence-corrected chi connectivity index (χ3v) is 4.86. The van der Waals surface area contributed by atoms with Gasteiger partial charge in [0.05, 0.1) is 0 Å². The van der Waals surface area contributed by atoms with Crippen molar-refractivity contribution in [3.05, 3.63) is 21.9 Å². The Hall–Kier alpha value is -0.680. The topological polar surface area (TPSA) is 36.4 Å². The SMILES string of the molecule is CN=C(NCC(C)SC)NC(C)Cc1ccc(C)s1. The Morgan fingerprint density at radius 2 is 2.16 bits per heavy atom. The van der Waals surface area contributed by atoms with Crippen molar-refractivity contribution in [1.82, 2.24) is 10.6 Å². The van der Waals surface area contributed by atoms with Gasteiger partial charge in [-0.3, -0.25) is 4.99 Å². The molecule has 0 aliphatic rings. The second-order valence-electron chi connectivity index (χ2n) is 4.76. The highest BCUT2D eigenvalue weighted by Crippen LogP contribution is 2.16. The fraction of sp³-hybridized carbons (Fsp3) is 0.643. The van der Waals surface area contributed by atoms with Gasteiger partial charge in [0.15, 0.2) is 5.96 Å². The molecule has 1 heterocycles. The minimum absolute atomic E-state index is 0.383. The van der Waals surface area contributed by atoms with Crippen molar-refractivity contribution in [1.29, 1.82) is 0 Å². The van der Waals surface area contributed by atoms with E-state index in [4.69, 9.17) is 0 Å². The van der Waals surface area contributed by atoms with Gasteiger partial charge in [0.2, 0.25) is 0 Å². The number of rotatable bonds is 6. The van der Waals surface area contributed by atoms with E-state index in [0.29, 0.717) is 11.3 Å². The molecule has 2 unspecified atom stereocenters.